The molecule has 1 aliphatic heterocycles. The number of nitrogen functional groups attached to an aromatic ring is 1. The smallest absolute Gasteiger partial charge is 0.243 e. The SMILES string of the molecule is C[C@@H]1C[C@@H](C(=O)NCc2ccccc2)N(C(=O)Cn2cnc3c(N)ncnc32)[C@@H]1C. The van der Waals surface area contributed by atoms with Crippen LogP contribution >= 0.6 is 0 Å². The average Bonchev–Trinajstić information content (AvgIpc) is 3.29. The van der Waals surface area contributed by atoms with Crippen molar-refractivity contribution in [2.45, 2.75) is 45.4 Å². The molecule has 0 bridgehead atoms. The average molecular weight is 407 g/mol. The van der Waals surface area contributed by atoms with E-state index in [1.54, 1.807) is 9.47 Å². The van der Waals surface area contributed by atoms with Gasteiger partial charge in [-0.2, -0.15) is 0 Å². The minimum absolute atomic E-state index is 0.0342. The van der Waals surface area contributed by atoms with Gasteiger partial charge in [0.1, 0.15) is 24.4 Å². The molecule has 3 heterocycles. The number of nitrogens with two attached hydrogens (primary N) is 1. The summed E-state index contributed by atoms with van der Waals surface area (Å²) in [6.45, 7) is 4.52. The highest BCUT2D eigenvalue weighted by Gasteiger charge is 2.42. The molecular formula is C21H25N7O2. The lowest BCUT2D eigenvalue weighted by Gasteiger charge is -2.28. The zero-order chi connectivity index (χ0) is 21.3. The number of nitrogens with one attached hydrogen (secondary N) is 1. The van der Waals surface area contributed by atoms with E-state index in [-0.39, 0.29) is 36.1 Å². The number of carbonyl (C=O) groups excluding carboxylic acids is 2. The molecular weight excluding hydrogens is 382 g/mol. The van der Waals surface area contributed by atoms with Crippen LogP contribution in [0.5, 0.6) is 0 Å². The molecule has 0 unspecified atom stereocenters. The summed E-state index contributed by atoms with van der Waals surface area (Å²) in [5.41, 5.74) is 7.81. The van der Waals surface area contributed by atoms with E-state index in [0.717, 1.165) is 5.56 Å². The number of fused-ring (bicyclic) bond motifs is 1. The Morgan fingerprint density at radius 1 is 1.17 bits per heavy atom. The van der Waals surface area contributed by atoms with Gasteiger partial charge in [0.25, 0.3) is 0 Å². The summed E-state index contributed by atoms with van der Waals surface area (Å²) in [5, 5.41) is 2.97. The van der Waals surface area contributed by atoms with Gasteiger partial charge in [-0.05, 0) is 24.8 Å². The topological polar surface area (TPSA) is 119 Å². The van der Waals surface area contributed by atoms with Crippen LogP contribution < -0.4 is 11.1 Å². The van der Waals surface area contributed by atoms with Crippen molar-refractivity contribution in [3.05, 3.63) is 48.5 Å². The molecule has 3 aromatic rings. The minimum Gasteiger partial charge on any atom is -0.382 e. The van der Waals surface area contributed by atoms with E-state index in [4.69, 9.17) is 5.73 Å². The number of hydrogen-bond donors (Lipinski definition) is 2. The largest absolute Gasteiger partial charge is 0.382 e. The van der Waals surface area contributed by atoms with Crippen LogP contribution in [0.15, 0.2) is 43.0 Å². The van der Waals surface area contributed by atoms with Gasteiger partial charge in [-0.15, -0.1) is 0 Å². The Hall–Kier alpha value is -3.49. The number of anilines is 1. The molecule has 2 aromatic heterocycles. The molecule has 1 aliphatic rings. The van der Waals surface area contributed by atoms with Gasteiger partial charge in [0.15, 0.2) is 11.5 Å². The Labute approximate surface area is 174 Å². The number of amides is 2. The fourth-order valence-electron chi connectivity index (χ4n) is 4.00. The van der Waals surface area contributed by atoms with E-state index in [9.17, 15) is 9.59 Å². The summed E-state index contributed by atoms with van der Waals surface area (Å²) in [4.78, 5) is 40.2. The quantitative estimate of drug-likeness (QED) is 0.659. The molecule has 30 heavy (non-hydrogen) atoms. The number of nitrogens with zero attached hydrogens (tertiary/aromatic N) is 5. The van der Waals surface area contributed by atoms with Crippen LogP contribution in [-0.4, -0.2) is 48.3 Å². The van der Waals surface area contributed by atoms with Crippen molar-refractivity contribution in [1.29, 1.82) is 0 Å². The van der Waals surface area contributed by atoms with Crippen LogP contribution in [0.3, 0.4) is 0 Å². The zero-order valence-corrected chi connectivity index (χ0v) is 17.0. The highest BCUT2D eigenvalue weighted by Crippen LogP contribution is 2.30. The number of imidazole rings is 1. The molecule has 0 spiro atoms. The Morgan fingerprint density at radius 2 is 1.93 bits per heavy atom. The number of likely N-dealkylation sites (tertiary alicyclic amines) is 1. The number of rotatable bonds is 5. The second-order valence-corrected chi connectivity index (χ2v) is 7.78. The van der Waals surface area contributed by atoms with Gasteiger partial charge in [0.05, 0.1) is 6.33 Å². The standard InChI is InChI=1S/C21H25N7O2/c1-13-8-16(21(30)23-9-15-6-4-3-5-7-15)28(14(13)2)17(29)10-27-12-26-18-19(22)24-11-25-20(18)27/h3-7,11-14,16H,8-10H2,1-2H3,(H,23,30)(H2,22,24,25)/t13-,14-,16+/m1/s1. The lowest BCUT2D eigenvalue weighted by Crippen LogP contribution is -2.49. The number of carbonyl (C=O) groups is 2. The predicted molar refractivity (Wildman–Crippen MR) is 112 cm³/mol. The summed E-state index contributed by atoms with van der Waals surface area (Å²) in [6.07, 6.45) is 3.51. The predicted octanol–water partition coefficient (Wildman–Crippen LogP) is 1.35. The van der Waals surface area contributed by atoms with E-state index in [1.165, 1.54) is 12.7 Å². The summed E-state index contributed by atoms with van der Waals surface area (Å²) in [6, 6.07) is 9.18. The van der Waals surface area contributed by atoms with Crippen LogP contribution in [0.2, 0.25) is 0 Å². The van der Waals surface area contributed by atoms with Crippen LogP contribution in [0.4, 0.5) is 5.82 Å². The molecule has 3 N–H and O–H groups in total. The van der Waals surface area contributed by atoms with Gasteiger partial charge in [-0.3, -0.25) is 9.59 Å². The first-order valence-electron chi connectivity index (χ1n) is 9.99. The van der Waals surface area contributed by atoms with E-state index in [2.05, 4.69) is 27.2 Å². The first-order valence-corrected chi connectivity index (χ1v) is 9.99. The molecule has 0 radical (unpaired) electrons. The maximum Gasteiger partial charge on any atom is 0.243 e. The second-order valence-electron chi connectivity index (χ2n) is 7.78. The van der Waals surface area contributed by atoms with Gasteiger partial charge in [-0.25, -0.2) is 15.0 Å². The second kappa shape index (κ2) is 8.10. The molecule has 1 aromatic carbocycles. The third kappa shape index (κ3) is 3.70. The molecule has 1 fully saturated rings. The fraction of sp³-hybridized carbons (Fsp3) is 0.381. The molecule has 9 heteroatoms. The third-order valence-electron chi connectivity index (χ3n) is 5.83. The Bertz CT molecular complexity index is 1070. The van der Waals surface area contributed by atoms with Crippen molar-refractivity contribution in [1.82, 2.24) is 29.7 Å². The van der Waals surface area contributed by atoms with Gasteiger partial charge >= 0.3 is 0 Å². The summed E-state index contributed by atoms with van der Waals surface area (Å²) >= 11 is 0. The highest BCUT2D eigenvalue weighted by molar-refractivity contribution is 5.89. The van der Waals surface area contributed by atoms with Crippen LogP contribution in [0, 0.1) is 5.92 Å². The summed E-state index contributed by atoms with van der Waals surface area (Å²) in [5.74, 6) is 0.208. The van der Waals surface area contributed by atoms with Crippen molar-refractivity contribution < 1.29 is 9.59 Å². The maximum absolute atomic E-state index is 13.2. The van der Waals surface area contributed by atoms with Crippen molar-refractivity contribution in [3.8, 4) is 0 Å². The lowest BCUT2D eigenvalue weighted by molar-refractivity contribution is -0.140. The maximum atomic E-state index is 13.2. The van der Waals surface area contributed by atoms with Gasteiger partial charge in [0, 0.05) is 12.6 Å². The molecule has 2 amide bonds. The van der Waals surface area contributed by atoms with Crippen molar-refractivity contribution in [2.75, 3.05) is 5.73 Å². The van der Waals surface area contributed by atoms with Crippen molar-refractivity contribution >= 4 is 28.8 Å². The summed E-state index contributed by atoms with van der Waals surface area (Å²) < 4.78 is 1.64. The third-order valence-corrected chi connectivity index (χ3v) is 5.83. The van der Waals surface area contributed by atoms with Crippen molar-refractivity contribution in [2.24, 2.45) is 5.92 Å². The molecule has 156 valence electrons. The number of benzene rings is 1. The first-order chi connectivity index (χ1) is 14.5. The van der Waals surface area contributed by atoms with Crippen LogP contribution in [-0.2, 0) is 22.7 Å². The minimum atomic E-state index is -0.499. The zero-order valence-electron chi connectivity index (χ0n) is 17.0. The van der Waals surface area contributed by atoms with Crippen molar-refractivity contribution in [3.63, 3.8) is 0 Å². The van der Waals surface area contributed by atoms with E-state index < -0.39 is 6.04 Å². The van der Waals surface area contributed by atoms with Gasteiger partial charge in [0.2, 0.25) is 11.8 Å². The Kier molecular flexibility index (Phi) is 5.35. The highest BCUT2D eigenvalue weighted by atomic mass is 16.2. The fourth-order valence-corrected chi connectivity index (χ4v) is 4.00. The van der Waals surface area contributed by atoms with Crippen LogP contribution in [0.1, 0.15) is 25.8 Å². The molecule has 0 saturated carbocycles. The monoisotopic (exact) mass is 407 g/mol. The normalized spacial score (nSPS) is 21.1. The van der Waals surface area contributed by atoms with Gasteiger partial charge < -0.3 is 20.5 Å². The van der Waals surface area contributed by atoms with Gasteiger partial charge in [-0.1, -0.05) is 37.3 Å². The van der Waals surface area contributed by atoms with E-state index in [1.807, 2.05) is 37.3 Å². The first kappa shape index (κ1) is 19.8. The van der Waals surface area contributed by atoms with E-state index >= 15 is 0 Å². The molecule has 4 rings (SSSR count). The molecule has 3 atom stereocenters. The van der Waals surface area contributed by atoms with E-state index in [0.29, 0.717) is 24.1 Å². The van der Waals surface area contributed by atoms with Crippen LogP contribution in [0.25, 0.3) is 11.2 Å². The molecule has 1 saturated heterocycles. The molecule has 0 aliphatic carbocycles. The number of hydrogen-bond acceptors (Lipinski definition) is 6. The Morgan fingerprint density at radius 3 is 2.70 bits per heavy atom. The molecule has 9 nitrogen and oxygen atoms in total. The lowest BCUT2D eigenvalue weighted by atomic mass is 10.0. The number of aromatic nitrogens is 4. The Balaban J connectivity index is 1.50. The summed E-state index contributed by atoms with van der Waals surface area (Å²) in [7, 11) is 0.